The number of thiophene rings is 1. The zero-order chi connectivity index (χ0) is 13.9. The van der Waals surface area contributed by atoms with Crippen LogP contribution in [-0.2, 0) is 4.79 Å². The van der Waals surface area contributed by atoms with Crippen molar-refractivity contribution in [1.82, 2.24) is 5.32 Å². The van der Waals surface area contributed by atoms with Gasteiger partial charge in [-0.1, -0.05) is 13.3 Å². The third kappa shape index (κ3) is 3.44. The van der Waals surface area contributed by atoms with Crippen LogP contribution in [0.2, 0.25) is 0 Å². The number of carboxylic acid groups (broad SMARTS) is 1. The Morgan fingerprint density at radius 3 is 2.84 bits per heavy atom. The summed E-state index contributed by atoms with van der Waals surface area (Å²) in [6.07, 6.45) is 6.05. The third-order valence-corrected chi connectivity index (χ3v) is 4.47. The van der Waals surface area contributed by atoms with Gasteiger partial charge in [-0.2, -0.15) is 0 Å². The molecular weight excluding hydrogens is 262 g/mol. The summed E-state index contributed by atoms with van der Waals surface area (Å²) in [4.78, 5) is 23.1. The number of amides is 1. The van der Waals surface area contributed by atoms with Gasteiger partial charge in [-0.15, -0.1) is 11.3 Å². The molecule has 0 radical (unpaired) electrons. The van der Waals surface area contributed by atoms with E-state index in [2.05, 4.69) is 12.2 Å². The number of carbonyl (C=O) groups is 2. The number of nitrogens with one attached hydrogen (secondary N) is 1. The first-order valence-electron chi connectivity index (χ1n) is 6.27. The third-order valence-electron chi connectivity index (χ3n) is 3.54. The first-order chi connectivity index (χ1) is 9.00. The molecule has 19 heavy (non-hydrogen) atoms. The van der Waals surface area contributed by atoms with Crippen molar-refractivity contribution >= 4 is 29.3 Å². The Morgan fingerprint density at radius 1 is 1.53 bits per heavy atom. The van der Waals surface area contributed by atoms with Crippen LogP contribution in [-0.4, -0.2) is 23.5 Å². The molecule has 0 bridgehead atoms. The van der Waals surface area contributed by atoms with Gasteiger partial charge in [-0.05, 0) is 41.3 Å². The molecule has 1 aliphatic carbocycles. The molecule has 1 aliphatic rings. The zero-order valence-electron chi connectivity index (χ0n) is 10.8. The molecule has 0 saturated heterocycles. The lowest BCUT2D eigenvalue weighted by Gasteiger charge is -2.38. The lowest BCUT2D eigenvalue weighted by atomic mass is 9.70. The van der Waals surface area contributed by atoms with Gasteiger partial charge in [0.1, 0.15) is 0 Å². The Bertz CT molecular complexity index is 515. The molecule has 0 aliphatic heterocycles. The van der Waals surface area contributed by atoms with E-state index in [1.807, 2.05) is 0 Å². The maximum absolute atomic E-state index is 12.1. The van der Waals surface area contributed by atoms with Crippen molar-refractivity contribution in [3.05, 3.63) is 28.0 Å². The maximum Gasteiger partial charge on any atom is 0.328 e. The smallest absolute Gasteiger partial charge is 0.328 e. The largest absolute Gasteiger partial charge is 0.478 e. The molecule has 1 aromatic heterocycles. The van der Waals surface area contributed by atoms with Gasteiger partial charge in [0.25, 0.3) is 5.91 Å². The number of carboxylic acids is 1. The zero-order valence-corrected chi connectivity index (χ0v) is 11.6. The summed E-state index contributed by atoms with van der Waals surface area (Å²) in [5.74, 6) is -1.13. The Hall–Kier alpha value is -1.62. The van der Waals surface area contributed by atoms with Crippen molar-refractivity contribution in [2.45, 2.75) is 26.2 Å². The number of rotatable bonds is 5. The van der Waals surface area contributed by atoms with E-state index in [1.54, 1.807) is 11.4 Å². The molecule has 2 N–H and O–H groups in total. The fourth-order valence-electron chi connectivity index (χ4n) is 2.13. The molecular formula is C14H17NO3S. The van der Waals surface area contributed by atoms with Crippen molar-refractivity contribution < 1.29 is 14.7 Å². The maximum atomic E-state index is 12.1. The molecule has 1 amide bonds. The normalized spacial score (nSPS) is 17.1. The van der Waals surface area contributed by atoms with E-state index in [4.69, 9.17) is 5.11 Å². The average Bonchev–Trinajstić information content (AvgIpc) is 2.79. The number of carbonyl (C=O) groups excluding carboxylic acids is 1. The first-order valence-corrected chi connectivity index (χ1v) is 7.15. The Labute approximate surface area is 116 Å². The van der Waals surface area contributed by atoms with Crippen LogP contribution in [0.4, 0.5) is 0 Å². The highest BCUT2D eigenvalue weighted by Crippen LogP contribution is 2.39. The van der Waals surface area contributed by atoms with Crippen LogP contribution in [0, 0.1) is 5.41 Å². The Morgan fingerprint density at radius 2 is 2.26 bits per heavy atom. The second-order valence-corrected chi connectivity index (χ2v) is 6.14. The van der Waals surface area contributed by atoms with Crippen LogP contribution in [0.25, 0.3) is 6.08 Å². The van der Waals surface area contributed by atoms with Crippen LogP contribution in [0.5, 0.6) is 0 Å². The highest BCUT2D eigenvalue weighted by atomic mass is 32.1. The number of hydrogen-bond donors (Lipinski definition) is 2. The van der Waals surface area contributed by atoms with Crippen molar-refractivity contribution in [2.24, 2.45) is 5.41 Å². The minimum atomic E-state index is -1.01. The minimum Gasteiger partial charge on any atom is -0.478 e. The van der Waals surface area contributed by atoms with Crippen molar-refractivity contribution in [2.75, 3.05) is 6.54 Å². The van der Waals surface area contributed by atoms with Crippen LogP contribution in [0.15, 0.2) is 17.5 Å². The van der Waals surface area contributed by atoms with E-state index in [0.29, 0.717) is 17.0 Å². The van der Waals surface area contributed by atoms with Gasteiger partial charge in [0.05, 0.1) is 4.88 Å². The summed E-state index contributed by atoms with van der Waals surface area (Å²) in [5.41, 5.74) is 0.896. The average molecular weight is 279 g/mol. The lowest BCUT2D eigenvalue weighted by Crippen LogP contribution is -2.39. The molecule has 5 heteroatoms. The van der Waals surface area contributed by atoms with Gasteiger partial charge in [-0.25, -0.2) is 4.79 Å². The molecule has 1 saturated carbocycles. The molecule has 1 fully saturated rings. The van der Waals surface area contributed by atoms with Gasteiger partial charge < -0.3 is 10.4 Å². The van der Waals surface area contributed by atoms with E-state index >= 15 is 0 Å². The summed E-state index contributed by atoms with van der Waals surface area (Å²) in [6, 6.07) is 1.75. The fourth-order valence-corrected chi connectivity index (χ4v) is 2.93. The second-order valence-electron chi connectivity index (χ2n) is 5.22. The lowest BCUT2D eigenvalue weighted by molar-refractivity contribution is -0.131. The summed E-state index contributed by atoms with van der Waals surface area (Å²) in [7, 11) is 0. The van der Waals surface area contributed by atoms with E-state index in [0.717, 1.165) is 18.9 Å². The van der Waals surface area contributed by atoms with E-state index in [9.17, 15) is 9.59 Å². The second kappa shape index (κ2) is 5.57. The summed E-state index contributed by atoms with van der Waals surface area (Å²) in [5, 5.41) is 13.3. The highest BCUT2D eigenvalue weighted by molar-refractivity contribution is 7.12. The van der Waals surface area contributed by atoms with Crippen LogP contribution in [0.3, 0.4) is 0 Å². The topological polar surface area (TPSA) is 66.4 Å². The minimum absolute atomic E-state index is 0.117. The molecule has 0 spiro atoms. The number of aliphatic carboxylic acids is 1. The SMILES string of the molecule is CC1(CNC(=O)c2sccc2/C=C/C(=O)O)CCC1. The quantitative estimate of drug-likeness (QED) is 0.814. The summed E-state index contributed by atoms with van der Waals surface area (Å²) >= 11 is 1.33. The van der Waals surface area contributed by atoms with Gasteiger partial charge in [0.2, 0.25) is 0 Å². The van der Waals surface area contributed by atoms with Crippen molar-refractivity contribution in [3.8, 4) is 0 Å². The Balaban J connectivity index is 1.99. The van der Waals surface area contributed by atoms with Gasteiger partial charge in [0, 0.05) is 12.6 Å². The van der Waals surface area contributed by atoms with E-state index in [1.165, 1.54) is 23.8 Å². The molecule has 0 unspecified atom stereocenters. The molecule has 1 aromatic rings. The van der Waals surface area contributed by atoms with Crippen LogP contribution in [0.1, 0.15) is 41.4 Å². The standard InChI is InChI=1S/C14H17NO3S/c1-14(6-2-7-14)9-15-13(18)12-10(5-8-19-12)3-4-11(16)17/h3-5,8H,2,6-7,9H2,1H3,(H,15,18)(H,16,17)/b4-3+. The van der Waals surface area contributed by atoms with Crippen molar-refractivity contribution in [3.63, 3.8) is 0 Å². The van der Waals surface area contributed by atoms with E-state index < -0.39 is 5.97 Å². The molecule has 2 rings (SSSR count). The number of hydrogen-bond acceptors (Lipinski definition) is 3. The van der Waals surface area contributed by atoms with Gasteiger partial charge in [0.15, 0.2) is 0 Å². The summed E-state index contributed by atoms with van der Waals surface area (Å²) in [6.45, 7) is 2.86. The molecule has 102 valence electrons. The van der Waals surface area contributed by atoms with Crippen molar-refractivity contribution in [1.29, 1.82) is 0 Å². The first kappa shape index (κ1) is 13.8. The summed E-state index contributed by atoms with van der Waals surface area (Å²) < 4.78 is 0. The highest BCUT2D eigenvalue weighted by Gasteiger charge is 2.32. The predicted octanol–water partition coefficient (Wildman–Crippen LogP) is 2.77. The van der Waals surface area contributed by atoms with Gasteiger partial charge >= 0.3 is 5.97 Å². The molecule has 0 atom stereocenters. The van der Waals surface area contributed by atoms with Crippen LogP contribution >= 0.6 is 11.3 Å². The molecule has 4 nitrogen and oxygen atoms in total. The molecule has 0 aromatic carbocycles. The monoisotopic (exact) mass is 279 g/mol. The molecule has 1 heterocycles. The Kier molecular flexibility index (Phi) is 4.04. The van der Waals surface area contributed by atoms with Crippen LogP contribution < -0.4 is 5.32 Å². The van der Waals surface area contributed by atoms with Gasteiger partial charge in [-0.3, -0.25) is 4.79 Å². The predicted molar refractivity (Wildman–Crippen MR) is 75.3 cm³/mol. The van der Waals surface area contributed by atoms with E-state index in [-0.39, 0.29) is 11.3 Å². The fraction of sp³-hybridized carbons (Fsp3) is 0.429.